The van der Waals surface area contributed by atoms with Crippen molar-refractivity contribution in [2.45, 2.75) is 86.2 Å². The molecule has 9 rings (SSSR count). The number of aromatic nitrogens is 3. The summed E-state index contributed by atoms with van der Waals surface area (Å²) in [6.45, 7) is 15.1. The van der Waals surface area contributed by atoms with Gasteiger partial charge in [-0.3, -0.25) is 4.98 Å². The predicted molar refractivity (Wildman–Crippen MR) is 267 cm³/mol. The Labute approximate surface area is 404 Å². The van der Waals surface area contributed by atoms with Crippen molar-refractivity contribution >= 4 is 55.8 Å². The molecule has 3 heterocycles. The first kappa shape index (κ1) is 35.3. The Hall–Kier alpha value is -5.04. The van der Waals surface area contributed by atoms with Crippen molar-refractivity contribution in [2.24, 2.45) is 5.92 Å². The molecular formula is C56H56FIrN3SSi-2. The van der Waals surface area contributed by atoms with Gasteiger partial charge in [-0.2, -0.15) is 11.3 Å². The van der Waals surface area contributed by atoms with Gasteiger partial charge in [0, 0.05) is 49.0 Å². The third-order valence-corrected chi connectivity index (χ3v) is 14.0. The summed E-state index contributed by atoms with van der Waals surface area (Å²) in [5.74, 6) is -1.82. The van der Waals surface area contributed by atoms with Crippen molar-refractivity contribution in [3.8, 4) is 39.5 Å². The molecule has 0 aliphatic heterocycles. The molecule has 6 aromatic carbocycles. The van der Waals surface area contributed by atoms with Crippen LogP contribution in [0.3, 0.4) is 0 Å². The molecule has 0 saturated carbocycles. The van der Waals surface area contributed by atoms with Gasteiger partial charge in [0.1, 0.15) is 5.82 Å². The summed E-state index contributed by atoms with van der Waals surface area (Å²) in [4.78, 5) is 9.62. The first-order valence-corrected chi connectivity index (χ1v) is 25.2. The van der Waals surface area contributed by atoms with E-state index in [1.165, 1.54) is 23.5 Å². The molecule has 3 aromatic heterocycles. The molecule has 0 spiro atoms. The molecule has 7 heteroatoms. The van der Waals surface area contributed by atoms with Gasteiger partial charge in [-0.15, -0.1) is 53.5 Å². The SMILES string of the molecule is [2H]C(C)(C)c1cc(-c2ccccc2)cc(C([2H])(C)C)c1-n1c(-c2[c-]ccc3c2sc2cc(F)ccc23)nc2ccccc21.[2H]c1[c-]c(-c2cc(C([2H])([2H])C(C)C)c([Si](C)(C)C)cn2)cc([2H])c1C([2H])([2H])[2H].[Ir]. The maximum atomic E-state index is 14.2. The molecule has 1 radical (unpaired) electrons. The largest absolute Gasteiger partial charge is 0.333 e. The number of pyridine rings is 1. The average Bonchev–Trinajstić information content (AvgIpc) is 3.85. The monoisotopic (exact) mass is 1050 g/mol. The quantitative estimate of drug-likeness (QED) is 0.107. The van der Waals surface area contributed by atoms with Crippen molar-refractivity contribution < 1.29 is 36.8 Å². The number of benzene rings is 6. The fourth-order valence-electron chi connectivity index (χ4n) is 7.85. The van der Waals surface area contributed by atoms with Gasteiger partial charge in [0.05, 0.1) is 24.9 Å². The second-order valence-electron chi connectivity index (χ2n) is 17.4. The smallest absolute Gasteiger partial charge is 0.124 e. The summed E-state index contributed by atoms with van der Waals surface area (Å²) in [5, 5.41) is 2.94. The molecule has 0 N–H and O–H groups in total. The van der Waals surface area contributed by atoms with Gasteiger partial charge < -0.3 is 9.55 Å². The number of halogens is 1. The first-order valence-electron chi connectivity index (χ1n) is 25.4. The molecule has 63 heavy (non-hydrogen) atoms. The molecule has 9 aromatic rings. The molecular weight excluding hydrogens is 986 g/mol. The van der Waals surface area contributed by atoms with Gasteiger partial charge in [0.25, 0.3) is 0 Å². The minimum atomic E-state index is -2.56. The topological polar surface area (TPSA) is 30.7 Å². The number of nitrogens with zero attached hydrogens (tertiary/aromatic N) is 3. The van der Waals surface area contributed by atoms with Crippen LogP contribution in [0.15, 0.2) is 127 Å². The molecule has 3 nitrogen and oxygen atoms in total. The van der Waals surface area contributed by atoms with Gasteiger partial charge >= 0.3 is 0 Å². The van der Waals surface area contributed by atoms with Crippen molar-refractivity contribution in [2.75, 3.05) is 0 Å². The van der Waals surface area contributed by atoms with E-state index in [0.717, 1.165) is 69.9 Å². The second-order valence-corrected chi connectivity index (χ2v) is 23.5. The summed E-state index contributed by atoms with van der Waals surface area (Å²) in [5.41, 5.74) is 7.86. The van der Waals surface area contributed by atoms with Crippen LogP contribution in [0, 0.1) is 30.7 Å². The fraction of sp³-hybridized carbons (Fsp3) is 0.250. The summed E-state index contributed by atoms with van der Waals surface area (Å²) in [6.07, 6.45) is 0.120. The van der Waals surface area contributed by atoms with Gasteiger partial charge in [-0.05, 0) is 104 Å². The third kappa shape index (κ3) is 9.59. The van der Waals surface area contributed by atoms with E-state index in [1.807, 2.05) is 102 Å². The summed E-state index contributed by atoms with van der Waals surface area (Å²) in [7, 11) is -1.87. The zero-order chi connectivity index (χ0) is 51.7. The zero-order valence-corrected chi connectivity index (χ0v) is 41.2. The van der Waals surface area contributed by atoms with Crippen molar-refractivity contribution in [3.63, 3.8) is 0 Å². The number of fused-ring (bicyclic) bond motifs is 4. The van der Waals surface area contributed by atoms with Crippen molar-refractivity contribution in [3.05, 3.63) is 168 Å². The third-order valence-electron chi connectivity index (χ3n) is 10.8. The number of imidazole rings is 1. The number of hydrogen-bond donors (Lipinski definition) is 0. The summed E-state index contributed by atoms with van der Waals surface area (Å²) >= 11 is 1.53. The molecule has 0 fully saturated rings. The standard InChI is InChI=1S/C37H30FN2S.C19H26NSi.Ir/c1-22(2)30-19-25(24-11-6-5-7-12-24)20-31(23(3)4)35(30)40-33-16-9-8-15-32(33)39-37(40)29-14-10-13-28-27-18-17-26(38)21-34(27)41-36(28)29;1-14(2)11-17-12-18(16-9-7-15(3)8-10-16)20-13-19(17)21(4,5)6;/h5-13,15-23H,1-4H3;7-9,12-14H,11H2,1-6H3;/q2*-1;/i22D,23D;3D3,7D,8D,11D2;. The van der Waals surface area contributed by atoms with E-state index in [2.05, 4.69) is 65.6 Å². The fourth-order valence-corrected chi connectivity index (χ4v) is 10.5. The van der Waals surface area contributed by atoms with Crippen LogP contribution >= 0.6 is 11.3 Å². The first-order chi connectivity index (χ1) is 33.1. The molecule has 0 bridgehead atoms. The Balaban J connectivity index is 0.000000229. The number of rotatable bonds is 9. The summed E-state index contributed by atoms with van der Waals surface area (Å²) in [6, 6.07) is 39.7. The molecule has 0 saturated heterocycles. The van der Waals surface area contributed by atoms with Gasteiger partial charge in [0.15, 0.2) is 0 Å². The van der Waals surface area contributed by atoms with Crippen molar-refractivity contribution in [1.82, 2.24) is 14.5 Å². The van der Waals surface area contributed by atoms with Crippen LogP contribution in [-0.2, 0) is 26.5 Å². The normalized spacial score (nSPS) is 14.6. The molecule has 323 valence electrons. The van der Waals surface area contributed by atoms with E-state index >= 15 is 0 Å². The molecule has 0 unspecified atom stereocenters. The Morgan fingerprint density at radius 3 is 2.22 bits per heavy atom. The van der Waals surface area contributed by atoms with Crippen molar-refractivity contribution in [1.29, 1.82) is 0 Å². The number of hydrogen-bond acceptors (Lipinski definition) is 3. The molecule has 0 aliphatic rings. The van der Waals surface area contributed by atoms with E-state index in [9.17, 15) is 7.13 Å². The second kappa shape index (κ2) is 19.0. The zero-order valence-electron chi connectivity index (χ0n) is 46.0. The Morgan fingerprint density at radius 1 is 0.841 bits per heavy atom. The van der Waals surface area contributed by atoms with E-state index in [1.54, 1.807) is 18.3 Å². The minimum absolute atomic E-state index is 0. The van der Waals surface area contributed by atoms with Gasteiger partial charge in [0.2, 0.25) is 0 Å². The molecule has 0 atom stereocenters. The minimum Gasteiger partial charge on any atom is -0.333 e. The van der Waals surface area contributed by atoms with Crippen LogP contribution in [0.5, 0.6) is 0 Å². The van der Waals surface area contributed by atoms with Crippen LogP contribution < -0.4 is 5.19 Å². The maximum Gasteiger partial charge on any atom is 0.124 e. The van der Waals surface area contributed by atoms with Crippen LogP contribution in [-0.4, -0.2) is 22.6 Å². The average molecular weight is 1050 g/mol. The van der Waals surface area contributed by atoms with Crippen LogP contribution in [0.25, 0.3) is 70.7 Å². The van der Waals surface area contributed by atoms with Gasteiger partial charge in [-0.25, -0.2) is 4.39 Å². The predicted octanol–water partition coefficient (Wildman–Crippen LogP) is 15.5. The maximum absolute atomic E-state index is 14.2. The summed E-state index contributed by atoms with van der Waals surface area (Å²) < 4.78 is 92.7. The van der Waals surface area contributed by atoms with Crippen LogP contribution in [0.4, 0.5) is 4.39 Å². The Bertz CT molecular complexity index is 3420. The van der Waals surface area contributed by atoms with Gasteiger partial charge in [-0.1, -0.05) is 139 Å². The molecule has 0 aliphatic carbocycles. The number of thiophene rings is 1. The Morgan fingerprint density at radius 2 is 1.56 bits per heavy atom. The van der Waals surface area contributed by atoms with E-state index in [0.29, 0.717) is 22.6 Å². The molecule has 0 amide bonds. The van der Waals surface area contributed by atoms with Crippen LogP contribution in [0.1, 0.15) is 87.9 Å². The van der Waals surface area contributed by atoms with E-state index in [4.69, 9.17) is 14.6 Å². The van der Waals surface area contributed by atoms with E-state index < -0.39 is 33.1 Å². The van der Waals surface area contributed by atoms with E-state index in [-0.39, 0.29) is 49.5 Å². The Kier molecular flexibility index (Phi) is 10.6. The van der Waals surface area contributed by atoms with Crippen LogP contribution in [0.2, 0.25) is 19.6 Å². The number of para-hydroxylation sites is 2.